The molecule has 5 heteroatoms. The Morgan fingerprint density at radius 2 is 2.06 bits per heavy atom. The molecule has 2 aromatic rings. The molecular weight excluding hydrogens is 348 g/mol. The zero-order valence-corrected chi connectivity index (χ0v) is 12.1. The van der Waals surface area contributed by atoms with Gasteiger partial charge in [-0.2, -0.15) is 4.57 Å². The molecule has 0 saturated carbocycles. The Balaban J connectivity index is 0.00000144. The van der Waals surface area contributed by atoms with Gasteiger partial charge in [0, 0.05) is 12.1 Å². The van der Waals surface area contributed by atoms with Crippen molar-refractivity contribution in [3.05, 3.63) is 47.2 Å². The van der Waals surface area contributed by atoms with Crippen molar-refractivity contribution >= 4 is 22.2 Å². The van der Waals surface area contributed by atoms with Gasteiger partial charge in [0.1, 0.15) is 10.3 Å². The monoisotopic (exact) mass is 356 g/mol. The first-order valence-corrected chi connectivity index (χ1v) is 5.65. The summed E-state index contributed by atoms with van der Waals surface area (Å²) in [5, 5.41) is 0. The fraction of sp³-hybridized carbons (Fsp3) is 0.0833. The highest BCUT2D eigenvalue weighted by atomic mass is 79.9. The molecule has 0 atom stereocenters. The third-order valence-corrected chi connectivity index (χ3v) is 2.63. The van der Waals surface area contributed by atoms with Crippen LogP contribution in [0.3, 0.4) is 0 Å². The molecule has 0 amide bonds. The van der Waals surface area contributed by atoms with Gasteiger partial charge in [-0.05, 0) is 34.1 Å². The maximum absolute atomic E-state index is 10.6. The number of aldehydes is 1. The second kappa shape index (κ2) is 6.61. The summed E-state index contributed by atoms with van der Waals surface area (Å²) in [6.45, 7) is 0.338. The molecule has 0 aliphatic rings. The number of rotatable bonds is 3. The van der Waals surface area contributed by atoms with Gasteiger partial charge in [-0.25, -0.2) is 4.98 Å². The summed E-state index contributed by atoms with van der Waals surface area (Å²) in [6.07, 6.45) is 2.74. The van der Waals surface area contributed by atoms with Gasteiger partial charge in [0.2, 0.25) is 12.2 Å². The molecule has 0 saturated heterocycles. The fourth-order valence-corrected chi connectivity index (χ4v) is 1.84. The number of nitrogens with zero attached hydrogens (tertiary/aromatic N) is 2. The van der Waals surface area contributed by atoms with Crippen molar-refractivity contribution in [3.63, 3.8) is 0 Å². The minimum atomic E-state index is 0. The van der Waals surface area contributed by atoms with Gasteiger partial charge >= 0.3 is 0 Å². The molecule has 0 radical (unpaired) electrons. The predicted octanol–water partition coefficient (Wildman–Crippen LogP) is -0.999. The van der Waals surface area contributed by atoms with Gasteiger partial charge in [0.05, 0.1) is 0 Å². The molecule has 3 nitrogen and oxygen atoms in total. The van der Waals surface area contributed by atoms with E-state index < -0.39 is 0 Å². The Labute approximate surface area is 118 Å². The van der Waals surface area contributed by atoms with E-state index in [0.29, 0.717) is 6.54 Å². The molecule has 88 valence electrons. The summed E-state index contributed by atoms with van der Waals surface area (Å²) in [7, 11) is 0. The van der Waals surface area contributed by atoms with Crippen molar-refractivity contribution in [2.24, 2.45) is 0 Å². The zero-order valence-electron chi connectivity index (χ0n) is 8.88. The van der Waals surface area contributed by atoms with E-state index in [1.165, 1.54) is 0 Å². The van der Waals surface area contributed by atoms with Gasteiger partial charge in [-0.1, -0.05) is 6.07 Å². The highest BCUT2D eigenvalue weighted by Crippen LogP contribution is 2.15. The lowest BCUT2D eigenvalue weighted by Crippen LogP contribution is -3.00. The van der Waals surface area contributed by atoms with Crippen LogP contribution in [0.1, 0.15) is 0 Å². The van der Waals surface area contributed by atoms with E-state index in [9.17, 15) is 4.79 Å². The van der Waals surface area contributed by atoms with Gasteiger partial charge in [-0.15, -0.1) is 0 Å². The van der Waals surface area contributed by atoms with Crippen molar-refractivity contribution in [2.45, 2.75) is 6.54 Å². The highest BCUT2D eigenvalue weighted by Gasteiger charge is 2.12. The maximum atomic E-state index is 10.6. The van der Waals surface area contributed by atoms with Gasteiger partial charge < -0.3 is 17.0 Å². The van der Waals surface area contributed by atoms with Crippen LogP contribution >= 0.6 is 15.9 Å². The van der Waals surface area contributed by atoms with E-state index in [0.717, 1.165) is 22.3 Å². The molecule has 2 aromatic heterocycles. The van der Waals surface area contributed by atoms with Crippen LogP contribution in [0.2, 0.25) is 0 Å². The van der Waals surface area contributed by atoms with Crippen LogP contribution in [-0.2, 0) is 11.3 Å². The predicted molar refractivity (Wildman–Crippen MR) is 63.6 cm³/mol. The summed E-state index contributed by atoms with van der Waals surface area (Å²) in [4.78, 5) is 14.9. The normalized spacial score (nSPS) is 9.47. The molecule has 2 heterocycles. The van der Waals surface area contributed by atoms with E-state index >= 15 is 0 Å². The second-order valence-electron chi connectivity index (χ2n) is 3.25. The average Bonchev–Trinajstić information content (AvgIpc) is 2.30. The number of carbonyl (C=O) groups excluding carboxylic acids is 1. The summed E-state index contributed by atoms with van der Waals surface area (Å²) in [5.74, 6) is 0. The van der Waals surface area contributed by atoms with E-state index in [1.54, 1.807) is 0 Å². The van der Waals surface area contributed by atoms with E-state index in [-0.39, 0.29) is 17.0 Å². The number of halogens is 2. The number of hydrogen-bond donors (Lipinski definition) is 0. The fourth-order valence-electron chi connectivity index (χ4n) is 1.50. The largest absolute Gasteiger partial charge is 1.00 e. The van der Waals surface area contributed by atoms with Gasteiger partial charge in [0.15, 0.2) is 12.5 Å². The molecule has 0 N–H and O–H groups in total. The van der Waals surface area contributed by atoms with Crippen LogP contribution in [0.5, 0.6) is 0 Å². The Kier molecular flexibility index (Phi) is 5.44. The average molecular weight is 358 g/mol. The summed E-state index contributed by atoms with van der Waals surface area (Å²) >= 11 is 3.33. The standard InChI is InChI=1S/C12H10BrN2O.BrH/c13-12-6-3-4-10(14-12)11-5-1-2-7-15(11)8-9-16;/h1-7,9H,8H2;1H/q+1;/p-1. The molecule has 17 heavy (non-hydrogen) atoms. The third kappa shape index (κ3) is 3.44. The van der Waals surface area contributed by atoms with Crippen LogP contribution in [0, 0.1) is 0 Å². The smallest absolute Gasteiger partial charge is 0.231 e. The summed E-state index contributed by atoms with van der Waals surface area (Å²) in [6, 6.07) is 11.5. The number of pyridine rings is 2. The molecule has 0 aromatic carbocycles. The minimum absolute atomic E-state index is 0. The Morgan fingerprint density at radius 1 is 1.24 bits per heavy atom. The van der Waals surface area contributed by atoms with Crippen molar-refractivity contribution in [1.82, 2.24) is 4.98 Å². The summed E-state index contributed by atoms with van der Waals surface area (Å²) in [5.41, 5.74) is 1.77. The molecule has 0 fully saturated rings. The first-order valence-electron chi connectivity index (χ1n) is 4.86. The van der Waals surface area contributed by atoms with E-state index in [1.807, 2.05) is 47.2 Å². The first-order chi connectivity index (χ1) is 7.81. The highest BCUT2D eigenvalue weighted by molar-refractivity contribution is 9.10. The quantitative estimate of drug-likeness (QED) is 0.401. The zero-order chi connectivity index (χ0) is 11.4. The van der Waals surface area contributed by atoms with Gasteiger partial charge in [0.25, 0.3) is 0 Å². The topological polar surface area (TPSA) is 33.8 Å². The number of carbonyl (C=O) groups is 1. The Bertz CT molecular complexity index is 517. The molecular formula is C12H10Br2N2O. The van der Waals surface area contributed by atoms with Crippen LogP contribution in [0.15, 0.2) is 47.2 Å². The number of aromatic nitrogens is 2. The molecule has 0 spiro atoms. The minimum Gasteiger partial charge on any atom is -1.00 e. The number of hydrogen-bond acceptors (Lipinski definition) is 2. The van der Waals surface area contributed by atoms with Crippen LogP contribution in [-0.4, -0.2) is 11.3 Å². The molecule has 0 aliphatic carbocycles. The lowest BCUT2D eigenvalue weighted by molar-refractivity contribution is -0.672. The lowest BCUT2D eigenvalue weighted by Gasteiger charge is -2.00. The third-order valence-electron chi connectivity index (χ3n) is 2.19. The van der Waals surface area contributed by atoms with Crippen molar-refractivity contribution < 1.29 is 26.3 Å². The second-order valence-corrected chi connectivity index (χ2v) is 4.06. The van der Waals surface area contributed by atoms with Crippen LogP contribution < -0.4 is 21.5 Å². The maximum Gasteiger partial charge on any atom is 0.231 e. The van der Waals surface area contributed by atoms with Crippen molar-refractivity contribution in [2.75, 3.05) is 0 Å². The Morgan fingerprint density at radius 3 is 2.76 bits per heavy atom. The van der Waals surface area contributed by atoms with E-state index in [2.05, 4.69) is 20.9 Å². The molecule has 0 bridgehead atoms. The molecule has 2 rings (SSSR count). The van der Waals surface area contributed by atoms with E-state index in [4.69, 9.17) is 0 Å². The Hall–Kier alpha value is -1.07. The molecule has 0 unspecified atom stereocenters. The SMILES string of the molecule is O=CC[n+]1ccccc1-c1cccc(Br)n1.[Br-]. The van der Waals surface area contributed by atoms with Crippen LogP contribution in [0.25, 0.3) is 11.4 Å². The van der Waals surface area contributed by atoms with Crippen molar-refractivity contribution in [1.29, 1.82) is 0 Å². The lowest BCUT2D eigenvalue weighted by atomic mass is 10.2. The molecule has 0 aliphatic heterocycles. The van der Waals surface area contributed by atoms with Gasteiger partial charge in [-0.3, -0.25) is 4.79 Å². The van der Waals surface area contributed by atoms with Crippen molar-refractivity contribution in [3.8, 4) is 11.4 Å². The first kappa shape index (κ1) is 14.0. The van der Waals surface area contributed by atoms with Crippen LogP contribution in [0.4, 0.5) is 0 Å². The summed E-state index contributed by atoms with van der Waals surface area (Å²) < 4.78 is 2.65.